The summed E-state index contributed by atoms with van der Waals surface area (Å²) in [5.74, 6) is -0.251. The molecule has 1 aromatic heterocycles. The second-order valence-corrected chi connectivity index (χ2v) is 11.5. The molecule has 0 spiro atoms. The summed E-state index contributed by atoms with van der Waals surface area (Å²) in [4.78, 5) is 17.7. The van der Waals surface area contributed by atoms with Crippen molar-refractivity contribution < 1.29 is 23.0 Å². The number of carbonyl (C=O) groups excluding carboxylic acids is 1. The molecule has 0 saturated carbocycles. The lowest BCUT2D eigenvalue weighted by atomic mass is 9.90. The zero-order valence-electron chi connectivity index (χ0n) is 20.9. The summed E-state index contributed by atoms with van der Waals surface area (Å²) >= 11 is 5.10. The number of hydrogen-bond donors (Lipinski definition) is 1. The average Bonchev–Trinajstić information content (AvgIpc) is 3.38. The van der Waals surface area contributed by atoms with Gasteiger partial charge in [-0.2, -0.15) is 4.98 Å². The minimum absolute atomic E-state index is 0.253. The molecule has 10 heteroatoms. The molecule has 202 valence electrons. The lowest BCUT2D eigenvalue weighted by molar-refractivity contribution is -0.116. The SMILES string of the molecule is O=C(Nc1nc(=S)ss1)C(c1ccc(OCc2ccc(F)cc2)cc1)c1ccc(OCc2ccc(F)cc2)cc1. The standard InChI is InChI=1S/C30H22F2N2O3S3/c31-23-9-1-19(2-10-23)17-36-25-13-5-21(6-14-25)27(28(35)33-29-34-30(38)40-39-29)22-7-15-26(16-8-22)37-18-20-3-11-24(32)12-4-20/h1-16,27H,17-18H2,(H,33,34,35,38). The van der Waals surface area contributed by atoms with E-state index < -0.39 is 5.92 Å². The summed E-state index contributed by atoms with van der Waals surface area (Å²) < 4.78 is 38.5. The van der Waals surface area contributed by atoms with Crippen LogP contribution in [0.4, 0.5) is 13.9 Å². The van der Waals surface area contributed by atoms with Crippen LogP contribution >= 0.6 is 32.9 Å². The number of hydrogen-bond acceptors (Lipinski definition) is 7. The fourth-order valence-electron chi connectivity index (χ4n) is 3.92. The number of aromatic nitrogens is 1. The number of carbonyl (C=O) groups is 1. The van der Waals surface area contributed by atoms with Crippen LogP contribution in [0.1, 0.15) is 28.2 Å². The van der Waals surface area contributed by atoms with Crippen molar-refractivity contribution in [1.29, 1.82) is 0 Å². The molecule has 5 rings (SSSR count). The first-order valence-electron chi connectivity index (χ1n) is 12.2. The minimum atomic E-state index is -0.639. The maximum absolute atomic E-state index is 13.5. The third-order valence-corrected chi connectivity index (χ3v) is 8.46. The normalized spacial score (nSPS) is 10.9. The van der Waals surface area contributed by atoms with Crippen molar-refractivity contribution in [1.82, 2.24) is 4.98 Å². The lowest BCUT2D eigenvalue weighted by Crippen LogP contribution is -2.22. The maximum atomic E-state index is 13.5. The topological polar surface area (TPSA) is 60.5 Å². The fourth-order valence-corrected chi connectivity index (χ4v) is 5.79. The molecule has 1 amide bonds. The van der Waals surface area contributed by atoms with Gasteiger partial charge in [0.05, 0.1) is 5.92 Å². The van der Waals surface area contributed by atoms with Crippen molar-refractivity contribution in [2.75, 3.05) is 5.32 Å². The highest BCUT2D eigenvalue weighted by atomic mass is 32.9. The van der Waals surface area contributed by atoms with Crippen molar-refractivity contribution in [3.63, 3.8) is 0 Å². The molecule has 4 aromatic carbocycles. The van der Waals surface area contributed by atoms with E-state index in [0.717, 1.165) is 22.3 Å². The number of benzene rings is 4. The molecule has 0 unspecified atom stereocenters. The van der Waals surface area contributed by atoms with Gasteiger partial charge in [0, 0.05) is 0 Å². The van der Waals surface area contributed by atoms with Crippen molar-refractivity contribution in [3.8, 4) is 11.5 Å². The van der Waals surface area contributed by atoms with Crippen LogP contribution in [0.2, 0.25) is 0 Å². The highest BCUT2D eigenvalue weighted by molar-refractivity contribution is 7.79. The summed E-state index contributed by atoms with van der Waals surface area (Å²) in [6.07, 6.45) is 0. The van der Waals surface area contributed by atoms with Gasteiger partial charge in [0.2, 0.25) is 11.0 Å². The first-order valence-corrected chi connectivity index (χ1v) is 14.7. The van der Waals surface area contributed by atoms with Gasteiger partial charge < -0.3 is 14.8 Å². The van der Waals surface area contributed by atoms with Crippen LogP contribution in [0.25, 0.3) is 0 Å². The number of halogens is 2. The summed E-state index contributed by atoms with van der Waals surface area (Å²) in [5, 5.41) is 3.33. The van der Waals surface area contributed by atoms with E-state index in [1.54, 1.807) is 48.5 Å². The van der Waals surface area contributed by atoms with Crippen LogP contribution in [0.15, 0.2) is 97.1 Å². The number of nitrogens with one attached hydrogen (secondary N) is 1. The van der Waals surface area contributed by atoms with Gasteiger partial charge in [0.1, 0.15) is 36.3 Å². The zero-order chi connectivity index (χ0) is 27.9. The number of nitrogens with zero attached hydrogens (tertiary/aromatic N) is 1. The second-order valence-electron chi connectivity index (χ2n) is 8.74. The Bertz CT molecular complexity index is 1530. The van der Waals surface area contributed by atoms with Crippen molar-refractivity contribution in [2.45, 2.75) is 19.1 Å². The highest BCUT2D eigenvalue weighted by Gasteiger charge is 2.24. The number of anilines is 1. The van der Waals surface area contributed by atoms with Crippen molar-refractivity contribution in [2.24, 2.45) is 0 Å². The summed E-state index contributed by atoms with van der Waals surface area (Å²) in [5.41, 5.74) is 3.20. The number of ether oxygens (including phenoxy) is 2. The van der Waals surface area contributed by atoms with E-state index >= 15 is 0 Å². The fraction of sp³-hybridized carbons (Fsp3) is 0.100. The highest BCUT2D eigenvalue weighted by Crippen LogP contribution is 2.31. The third-order valence-electron chi connectivity index (χ3n) is 5.94. The Kier molecular flexibility index (Phi) is 8.90. The molecular weight excluding hydrogens is 571 g/mol. The zero-order valence-corrected chi connectivity index (χ0v) is 23.3. The van der Waals surface area contributed by atoms with Crippen LogP contribution in [0, 0.1) is 15.6 Å². The molecule has 0 fully saturated rings. The van der Waals surface area contributed by atoms with E-state index in [1.807, 2.05) is 24.3 Å². The van der Waals surface area contributed by atoms with Crippen molar-refractivity contribution in [3.05, 3.63) is 135 Å². The lowest BCUT2D eigenvalue weighted by Gasteiger charge is -2.18. The van der Waals surface area contributed by atoms with Gasteiger partial charge in [-0.3, -0.25) is 4.79 Å². The van der Waals surface area contributed by atoms with E-state index in [0.29, 0.717) is 20.6 Å². The Hall–Kier alpha value is -3.99. The van der Waals surface area contributed by atoms with Crippen LogP contribution in [0.3, 0.4) is 0 Å². The molecule has 5 aromatic rings. The summed E-state index contributed by atoms with van der Waals surface area (Å²) in [6.45, 7) is 0.578. The van der Waals surface area contributed by atoms with Gasteiger partial charge in [0.15, 0.2) is 3.95 Å². The van der Waals surface area contributed by atoms with Gasteiger partial charge >= 0.3 is 0 Å². The Morgan fingerprint density at radius 1 is 0.725 bits per heavy atom. The molecule has 0 aliphatic rings. The molecule has 5 nitrogen and oxygen atoms in total. The molecule has 0 bridgehead atoms. The van der Waals surface area contributed by atoms with E-state index in [9.17, 15) is 13.6 Å². The average molecular weight is 593 g/mol. The number of rotatable bonds is 10. The van der Waals surface area contributed by atoms with Gasteiger partial charge in [-0.25, -0.2) is 8.78 Å². The van der Waals surface area contributed by atoms with E-state index in [-0.39, 0.29) is 30.8 Å². The van der Waals surface area contributed by atoms with Gasteiger partial charge in [0.25, 0.3) is 0 Å². The molecule has 0 atom stereocenters. The quantitative estimate of drug-likeness (QED) is 0.131. The van der Waals surface area contributed by atoms with E-state index in [4.69, 9.17) is 21.7 Å². The Morgan fingerprint density at radius 2 is 1.18 bits per heavy atom. The van der Waals surface area contributed by atoms with Crippen LogP contribution in [-0.2, 0) is 18.0 Å². The molecule has 1 N–H and O–H groups in total. The molecule has 0 radical (unpaired) electrons. The van der Waals surface area contributed by atoms with Gasteiger partial charge in [-0.05, 0) is 104 Å². The van der Waals surface area contributed by atoms with Gasteiger partial charge in [-0.1, -0.05) is 48.5 Å². The summed E-state index contributed by atoms with van der Waals surface area (Å²) in [7, 11) is 2.63. The molecular formula is C30H22F2N2O3S3. The van der Waals surface area contributed by atoms with Gasteiger partial charge in [-0.15, -0.1) is 0 Å². The maximum Gasteiger partial charge on any atom is 0.238 e. The largest absolute Gasteiger partial charge is 0.489 e. The molecule has 0 saturated heterocycles. The first kappa shape index (κ1) is 27.6. The summed E-state index contributed by atoms with van der Waals surface area (Å²) in [6, 6.07) is 26.8. The van der Waals surface area contributed by atoms with Crippen LogP contribution in [0.5, 0.6) is 11.5 Å². The molecule has 1 heterocycles. The van der Waals surface area contributed by atoms with Crippen LogP contribution < -0.4 is 14.8 Å². The van der Waals surface area contributed by atoms with E-state index in [1.165, 1.54) is 44.9 Å². The Morgan fingerprint density at radius 3 is 1.57 bits per heavy atom. The Balaban J connectivity index is 1.32. The third kappa shape index (κ3) is 7.35. The minimum Gasteiger partial charge on any atom is -0.489 e. The smallest absolute Gasteiger partial charge is 0.238 e. The monoisotopic (exact) mass is 592 g/mol. The van der Waals surface area contributed by atoms with Crippen LogP contribution in [-0.4, -0.2) is 10.9 Å². The number of amides is 1. The molecule has 40 heavy (non-hydrogen) atoms. The predicted molar refractivity (Wildman–Crippen MR) is 156 cm³/mol. The first-order chi connectivity index (χ1) is 19.4. The molecule has 0 aliphatic heterocycles. The van der Waals surface area contributed by atoms with Crippen molar-refractivity contribution >= 4 is 43.9 Å². The molecule has 0 aliphatic carbocycles. The Labute approximate surface area is 242 Å². The second kappa shape index (κ2) is 12.9. The van der Waals surface area contributed by atoms with E-state index in [2.05, 4.69) is 10.3 Å². The predicted octanol–water partition coefficient (Wildman–Crippen LogP) is 8.14.